The van der Waals surface area contributed by atoms with E-state index < -0.39 is 18.9 Å². The van der Waals surface area contributed by atoms with Crippen molar-refractivity contribution in [3.63, 3.8) is 0 Å². The van der Waals surface area contributed by atoms with E-state index in [-0.39, 0.29) is 0 Å². The second kappa shape index (κ2) is 8.08. The predicted octanol–water partition coefficient (Wildman–Crippen LogP) is 4.60. The van der Waals surface area contributed by atoms with Crippen molar-refractivity contribution >= 4 is 16.6 Å². The molecule has 1 unspecified atom stereocenters. The Labute approximate surface area is 145 Å². The van der Waals surface area contributed by atoms with Gasteiger partial charge in [0.25, 0.3) is 0 Å². The highest BCUT2D eigenvalue weighted by Crippen LogP contribution is 2.29. The average molecular weight is 359 g/mol. The Morgan fingerprint density at radius 3 is 2.52 bits per heavy atom. The van der Waals surface area contributed by atoms with Crippen LogP contribution in [0.4, 0.5) is 23.2 Å². The lowest BCUT2D eigenvalue weighted by molar-refractivity contribution is -0.140. The third kappa shape index (κ3) is 5.36. The Morgan fingerprint density at radius 2 is 2.00 bits per heavy atom. The number of fused-ring (bicyclic) bond motifs is 1. The van der Waals surface area contributed by atoms with Crippen molar-refractivity contribution in [3.05, 3.63) is 30.0 Å². The molecule has 1 N–H and O–H groups in total. The third-order valence-corrected chi connectivity index (χ3v) is 4.33. The number of hydrogen-bond acceptors (Lipinski definition) is 2. The Hall–Kier alpha value is -1.76. The van der Waals surface area contributed by atoms with Crippen LogP contribution < -0.4 is 5.32 Å². The van der Waals surface area contributed by atoms with Gasteiger partial charge in [0.15, 0.2) is 0 Å². The molecule has 2 aromatic rings. The fraction of sp³-hybridized carbons (Fsp3) is 0.556. The van der Waals surface area contributed by atoms with E-state index in [1.165, 1.54) is 4.57 Å². The largest absolute Gasteiger partial charge is 0.406 e. The number of benzene rings is 1. The molecule has 25 heavy (non-hydrogen) atoms. The van der Waals surface area contributed by atoms with Crippen LogP contribution >= 0.6 is 0 Å². The first kappa shape index (κ1) is 19.6. The van der Waals surface area contributed by atoms with Crippen LogP contribution in [0.5, 0.6) is 0 Å². The van der Waals surface area contributed by atoms with Crippen LogP contribution in [0.15, 0.2) is 24.3 Å². The van der Waals surface area contributed by atoms with Gasteiger partial charge in [-0.2, -0.15) is 13.2 Å². The van der Waals surface area contributed by atoms with Gasteiger partial charge in [-0.25, -0.2) is 4.39 Å². The minimum absolute atomic E-state index is 0.561. The van der Waals surface area contributed by atoms with E-state index in [9.17, 15) is 17.6 Å². The van der Waals surface area contributed by atoms with E-state index in [1.54, 1.807) is 32.2 Å². The van der Waals surface area contributed by atoms with Crippen molar-refractivity contribution < 1.29 is 17.6 Å². The Kier molecular flexibility index (Phi) is 6.32. The summed E-state index contributed by atoms with van der Waals surface area (Å²) in [6.07, 6.45) is -2.97. The number of rotatable bonds is 2. The van der Waals surface area contributed by atoms with Gasteiger partial charge in [0.2, 0.25) is 0 Å². The maximum Gasteiger partial charge on any atom is 0.406 e. The molecule has 1 atom stereocenters. The van der Waals surface area contributed by atoms with E-state index >= 15 is 0 Å². The first-order valence-electron chi connectivity index (χ1n) is 8.37. The molecule has 3 rings (SSSR count). The van der Waals surface area contributed by atoms with Crippen LogP contribution in [0.2, 0.25) is 0 Å². The van der Waals surface area contributed by atoms with Crippen molar-refractivity contribution in [1.82, 2.24) is 9.47 Å². The second-order valence-corrected chi connectivity index (χ2v) is 6.48. The van der Waals surface area contributed by atoms with E-state index in [4.69, 9.17) is 0 Å². The third-order valence-electron chi connectivity index (χ3n) is 4.33. The molecule has 1 saturated heterocycles. The zero-order chi connectivity index (χ0) is 18.6. The molecule has 7 heteroatoms. The lowest BCUT2D eigenvalue weighted by Gasteiger charge is -2.24. The molecular formula is C18H25F4N3. The molecular weight excluding hydrogens is 334 g/mol. The number of anilines is 1. The van der Waals surface area contributed by atoms with Crippen LogP contribution in [-0.2, 0) is 6.54 Å². The number of alkyl halides is 4. The molecule has 1 aromatic carbocycles. The summed E-state index contributed by atoms with van der Waals surface area (Å²) in [5.41, 5.74) is 2.05. The fourth-order valence-electron chi connectivity index (χ4n) is 3.13. The van der Waals surface area contributed by atoms with Gasteiger partial charge in [-0.3, -0.25) is 0 Å². The number of aryl methyl sites for hydroxylation is 1. The fourth-order valence-corrected chi connectivity index (χ4v) is 3.13. The summed E-state index contributed by atoms with van der Waals surface area (Å²) in [6, 6.07) is 7.07. The number of hydrogen-bond donors (Lipinski definition) is 1. The highest BCUT2D eigenvalue weighted by molar-refractivity contribution is 5.93. The van der Waals surface area contributed by atoms with E-state index in [1.807, 2.05) is 18.0 Å². The molecule has 2 heterocycles. The van der Waals surface area contributed by atoms with Gasteiger partial charge in [-0.05, 0) is 51.6 Å². The van der Waals surface area contributed by atoms with Gasteiger partial charge in [0.1, 0.15) is 12.7 Å². The highest BCUT2D eigenvalue weighted by Gasteiger charge is 2.29. The van der Waals surface area contributed by atoms with E-state index in [0.717, 1.165) is 30.5 Å². The average Bonchev–Trinajstić information content (AvgIpc) is 2.82. The molecule has 1 fully saturated rings. The summed E-state index contributed by atoms with van der Waals surface area (Å²) < 4.78 is 51.1. The SMILES string of the molecule is CN1CCCC(F)C1.CNc1cccc2c1cc(C)n2CC(F)(F)F. The maximum atomic E-state index is 12.5. The van der Waals surface area contributed by atoms with Crippen molar-refractivity contribution in [2.24, 2.45) is 0 Å². The smallest absolute Gasteiger partial charge is 0.388 e. The molecule has 1 aliphatic rings. The Balaban J connectivity index is 0.000000236. The minimum Gasteiger partial charge on any atom is -0.388 e. The number of likely N-dealkylation sites (tertiary alicyclic amines) is 1. The van der Waals surface area contributed by atoms with Gasteiger partial charge >= 0.3 is 6.18 Å². The number of halogens is 4. The standard InChI is InChI=1S/C12H13F3N2.C6H12FN/c1-8-6-9-10(16-2)4-3-5-11(9)17(8)7-12(13,14)15;1-8-4-2-3-6(7)5-8/h3-6,16H,7H2,1-2H3;6H,2-5H2,1H3. The van der Waals surface area contributed by atoms with Gasteiger partial charge in [-0.1, -0.05) is 6.07 Å². The molecule has 0 saturated carbocycles. The minimum atomic E-state index is -4.20. The summed E-state index contributed by atoms with van der Waals surface area (Å²) in [5, 5.41) is 3.80. The second-order valence-electron chi connectivity index (χ2n) is 6.48. The molecule has 3 nitrogen and oxygen atoms in total. The highest BCUT2D eigenvalue weighted by atomic mass is 19.4. The number of aromatic nitrogens is 1. The van der Waals surface area contributed by atoms with Gasteiger partial charge in [0.05, 0.1) is 5.52 Å². The van der Waals surface area contributed by atoms with Gasteiger partial charge in [-0.15, -0.1) is 0 Å². The van der Waals surface area contributed by atoms with Crippen LogP contribution in [-0.4, -0.2) is 49.0 Å². The quantitative estimate of drug-likeness (QED) is 0.791. The molecule has 0 aliphatic carbocycles. The first-order valence-corrected chi connectivity index (χ1v) is 8.37. The van der Waals surface area contributed by atoms with Crippen LogP contribution in [0, 0.1) is 6.92 Å². The summed E-state index contributed by atoms with van der Waals surface area (Å²) in [5.74, 6) is 0. The molecule has 0 radical (unpaired) electrons. The number of piperidine rings is 1. The van der Waals surface area contributed by atoms with Crippen LogP contribution in [0.25, 0.3) is 10.9 Å². The summed E-state index contributed by atoms with van der Waals surface area (Å²) in [6.45, 7) is 2.45. The first-order chi connectivity index (χ1) is 11.7. The summed E-state index contributed by atoms with van der Waals surface area (Å²) in [7, 11) is 3.72. The van der Waals surface area contributed by atoms with Crippen LogP contribution in [0.3, 0.4) is 0 Å². The lowest BCUT2D eigenvalue weighted by Crippen LogP contribution is -2.32. The van der Waals surface area contributed by atoms with E-state index in [0.29, 0.717) is 17.8 Å². The topological polar surface area (TPSA) is 20.2 Å². The van der Waals surface area contributed by atoms with Crippen LogP contribution in [0.1, 0.15) is 18.5 Å². The number of nitrogens with zero attached hydrogens (tertiary/aromatic N) is 2. The van der Waals surface area contributed by atoms with Crippen molar-refractivity contribution in [2.75, 3.05) is 32.5 Å². The molecule has 0 amide bonds. The molecule has 1 aromatic heterocycles. The predicted molar refractivity (Wildman–Crippen MR) is 93.9 cm³/mol. The van der Waals surface area contributed by atoms with E-state index in [2.05, 4.69) is 5.32 Å². The van der Waals surface area contributed by atoms with Crippen molar-refractivity contribution in [2.45, 2.75) is 38.7 Å². The van der Waals surface area contributed by atoms with Gasteiger partial charge in [0, 0.05) is 30.4 Å². The molecule has 0 bridgehead atoms. The summed E-state index contributed by atoms with van der Waals surface area (Å²) >= 11 is 0. The number of nitrogens with one attached hydrogen (secondary N) is 1. The van der Waals surface area contributed by atoms with Gasteiger partial charge < -0.3 is 14.8 Å². The van der Waals surface area contributed by atoms with Crippen molar-refractivity contribution in [3.8, 4) is 0 Å². The zero-order valence-electron chi connectivity index (χ0n) is 14.8. The maximum absolute atomic E-state index is 12.5. The normalized spacial score (nSPS) is 18.8. The molecule has 0 spiro atoms. The monoisotopic (exact) mass is 359 g/mol. The zero-order valence-corrected chi connectivity index (χ0v) is 14.8. The molecule has 140 valence electrons. The Bertz CT molecular complexity index is 685. The summed E-state index contributed by atoms with van der Waals surface area (Å²) in [4.78, 5) is 2.04. The molecule has 1 aliphatic heterocycles. The van der Waals surface area contributed by atoms with Crippen molar-refractivity contribution in [1.29, 1.82) is 0 Å². The lowest BCUT2D eigenvalue weighted by atomic mass is 10.1. The Morgan fingerprint density at radius 1 is 1.28 bits per heavy atom.